The standard InChI is InChI=1S/C24H22N4O5/c29-18(13-26-22(31)20-15-28-24(33-20)17-9-5-2-6-10-17)11-12-25-21(30)19-14-27-23(32-19)16-7-3-1-4-8-16/h1-10,14-15,18,29H,11-13H2,(H,25,30)(H,26,31)/t18-/m0/s1. The molecule has 0 spiro atoms. The van der Waals surface area contributed by atoms with E-state index in [1.54, 1.807) is 0 Å². The molecule has 0 radical (unpaired) electrons. The van der Waals surface area contributed by atoms with Gasteiger partial charge in [0.05, 0.1) is 18.5 Å². The van der Waals surface area contributed by atoms with Crippen LogP contribution in [0.3, 0.4) is 0 Å². The van der Waals surface area contributed by atoms with Gasteiger partial charge < -0.3 is 24.6 Å². The van der Waals surface area contributed by atoms with Gasteiger partial charge in [-0.3, -0.25) is 9.59 Å². The Balaban J connectivity index is 1.20. The third kappa shape index (κ3) is 5.72. The van der Waals surface area contributed by atoms with Gasteiger partial charge in [-0.1, -0.05) is 36.4 Å². The highest BCUT2D eigenvalue weighted by molar-refractivity contribution is 5.92. The summed E-state index contributed by atoms with van der Waals surface area (Å²) in [5, 5.41) is 15.4. The number of carbonyl (C=O) groups excluding carboxylic acids is 2. The highest BCUT2D eigenvalue weighted by atomic mass is 16.4. The first-order chi connectivity index (χ1) is 16.1. The molecule has 2 aromatic heterocycles. The number of aromatic nitrogens is 2. The molecule has 2 amide bonds. The molecule has 2 aromatic carbocycles. The number of aliphatic hydroxyl groups is 1. The fourth-order valence-electron chi connectivity index (χ4n) is 3.03. The minimum absolute atomic E-state index is 0.00344. The first-order valence-corrected chi connectivity index (χ1v) is 10.4. The van der Waals surface area contributed by atoms with E-state index in [2.05, 4.69) is 20.6 Å². The Kier molecular flexibility index (Phi) is 6.91. The van der Waals surface area contributed by atoms with Gasteiger partial charge in [0, 0.05) is 24.2 Å². The van der Waals surface area contributed by atoms with Gasteiger partial charge in [0.2, 0.25) is 23.3 Å². The van der Waals surface area contributed by atoms with E-state index in [9.17, 15) is 14.7 Å². The van der Waals surface area contributed by atoms with Crippen LogP contribution in [0.5, 0.6) is 0 Å². The number of aliphatic hydroxyl groups excluding tert-OH is 1. The van der Waals surface area contributed by atoms with E-state index in [0.29, 0.717) is 11.8 Å². The van der Waals surface area contributed by atoms with Gasteiger partial charge in [0.25, 0.3) is 11.8 Å². The van der Waals surface area contributed by atoms with Crippen LogP contribution in [0.4, 0.5) is 0 Å². The van der Waals surface area contributed by atoms with Crippen LogP contribution < -0.4 is 10.6 Å². The molecule has 0 aliphatic rings. The van der Waals surface area contributed by atoms with E-state index in [1.807, 2.05) is 60.7 Å². The van der Waals surface area contributed by atoms with Gasteiger partial charge in [-0.15, -0.1) is 0 Å². The molecule has 0 bridgehead atoms. The number of carbonyl (C=O) groups is 2. The molecule has 9 heteroatoms. The van der Waals surface area contributed by atoms with Gasteiger partial charge >= 0.3 is 0 Å². The Bertz CT molecular complexity index is 1200. The lowest BCUT2D eigenvalue weighted by Crippen LogP contribution is -2.34. The molecule has 168 valence electrons. The Hall–Kier alpha value is -4.24. The van der Waals surface area contributed by atoms with Crippen molar-refractivity contribution in [3.05, 3.63) is 84.6 Å². The Labute approximate surface area is 189 Å². The lowest BCUT2D eigenvalue weighted by Gasteiger charge is -2.11. The number of rotatable bonds is 9. The number of nitrogens with one attached hydrogen (secondary N) is 2. The normalized spacial score (nSPS) is 11.7. The van der Waals surface area contributed by atoms with Crippen molar-refractivity contribution in [2.45, 2.75) is 12.5 Å². The van der Waals surface area contributed by atoms with Crippen LogP contribution in [0.2, 0.25) is 0 Å². The van der Waals surface area contributed by atoms with Crippen LogP contribution in [-0.2, 0) is 0 Å². The molecule has 0 saturated heterocycles. The molecule has 0 unspecified atom stereocenters. The molecule has 1 atom stereocenters. The predicted molar refractivity (Wildman–Crippen MR) is 119 cm³/mol. The summed E-state index contributed by atoms with van der Waals surface area (Å²) in [4.78, 5) is 32.7. The molecule has 2 heterocycles. The van der Waals surface area contributed by atoms with Crippen LogP contribution in [0, 0.1) is 0 Å². The van der Waals surface area contributed by atoms with Crippen molar-refractivity contribution in [2.24, 2.45) is 0 Å². The maximum Gasteiger partial charge on any atom is 0.288 e. The van der Waals surface area contributed by atoms with Crippen molar-refractivity contribution in [2.75, 3.05) is 13.1 Å². The third-order valence-electron chi connectivity index (χ3n) is 4.76. The van der Waals surface area contributed by atoms with Gasteiger partial charge in [-0.2, -0.15) is 0 Å². The van der Waals surface area contributed by atoms with Crippen LogP contribution in [0.25, 0.3) is 22.9 Å². The smallest absolute Gasteiger partial charge is 0.288 e. The number of nitrogens with zero attached hydrogens (tertiary/aromatic N) is 2. The summed E-state index contributed by atoms with van der Waals surface area (Å²) in [7, 11) is 0. The molecular weight excluding hydrogens is 424 g/mol. The van der Waals surface area contributed by atoms with E-state index in [1.165, 1.54) is 12.4 Å². The monoisotopic (exact) mass is 446 g/mol. The zero-order valence-corrected chi connectivity index (χ0v) is 17.6. The molecule has 3 N–H and O–H groups in total. The fraction of sp³-hybridized carbons (Fsp3) is 0.167. The number of hydrogen-bond donors (Lipinski definition) is 3. The number of oxazole rings is 2. The second-order valence-corrected chi connectivity index (χ2v) is 7.20. The molecule has 0 aliphatic carbocycles. The summed E-state index contributed by atoms with van der Waals surface area (Å²) in [6, 6.07) is 18.5. The summed E-state index contributed by atoms with van der Waals surface area (Å²) < 4.78 is 11.0. The van der Waals surface area contributed by atoms with E-state index < -0.39 is 17.9 Å². The van der Waals surface area contributed by atoms with E-state index in [-0.39, 0.29) is 31.0 Å². The second-order valence-electron chi connectivity index (χ2n) is 7.20. The van der Waals surface area contributed by atoms with Gasteiger partial charge in [-0.05, 0) is 30.7 Å². The highest BCUT2D eigenvalue weighted by Crippen LogP contribution is 2.19. The first kappa shape index (κ1) is 22.0. The summed E-state index contributed by atoms with van der Waals surface area (Å²) in [6.45, 7) is 0.189. The summed E-state index contributed by atoms with van der Waals surface area (Å²) in [5.41, 5.74) is 1.53. The minimum Gasteiger partial charge on any atom is -0.431 e. The van der Waals surface area contributed by atoms with Gasteiger partial charge in [-0.25, -0.2) is 9.97 Å². The summed E-state index contributed by atoms with van der Waals surface area (Å²) in [5.74, 6) is -0.0952. The lowest BCUT2D eigenvalue weighted by atomic mass is 10.2. The van der Waals surface area contributed by atoms with Crippen LogP contribution in [0.1, 0.15) is 27.5 Å². The maximum atomic E-state index is 12.2. The zero-order chi connectivity index (χ0) is 23.0. The van der Waals surface area contributed by atoms with Crippen LogP contribution >= 0.6 is 0 Å². The molecule has 0 saturated carbocycles. The number of amides is 2. The largest absolute Gasteiger partial charge is 0.431 e. The maximum absolute atomic E-state index is 12.2. The van der Waals surface area contributed by atoms with Crippen LogP contribution in [-0.4, -0.2) is 46.1 Å². The SMILES string of the molecule is O=C(NCC[C@H](O)CNC(=O)c1cnc(-c2ccccc2)o1)c1cnc(-c2ccccc2)o1. The third-order valence-corrected chi connectivity index (χ3v) is 4.76. The zero-order valence-electron chi connectivity index (χ0n) is 17.6. The highest BCUT2D eigenvalue weighted by Gasteiger charge is 2.16. The molecule has 9 nitrogen and oxygen atoms in total. The quantitative estimate of drug-likeness (QED) is 0.360. The molecule has 4 aromatic rings. The van der Waals surface area contributed by atoms with Gasteiger partial charge in [0.1, 0.15) is 0 Å². The topological polar surface area (TPSA) is 130 Å². The minimum atomic E-state index is -0.861. The van der Waals surface area contributed by atoms with Gasteiger partial charge in [0.15, 0.2) is 0 Å². The summed E-state index contributed by atoms with van der Waals surface area (Å²) >= 11 is 0. The van der Waals surface area contributed by atoms with Crippen molar-refractivity contribution in [1.29, 1.82) is 0 Å². The second kappa shape index (κ2) is 10.4. The van der Waals surface area contributed by atoms with Crippen LogP contribution in [0.15, 0.2) is 81.9 Å². The van der Waals surface area contributed by atoms with Crippen molar-refractivity contribution < 1.29 is 23.5 Å². The van der Waals surface area contributed by atoms with E-state index in [0.717, 1.165) is 11.1 Å². The molecule has 4 rings (SSSR count). The Morgan fingerprint density at radius 2 is 1.27 bits per heavy atom. The van der Waals surface area contributed by atoms with Crippen molar-refractivity contribution >= 4 is 11.8 Å². The van der Waals surface area contributed by atoms with Crippen molar-refractivity contribution in [3.63, 3.8) is 0 Å². The number of hydrogen-bond acceptors (Lipinski definition) is 7. The molecule has 0 aliphatic heterocycles. The van der Waals surface area contributed by atoms with E-state index in [4.69, 9.17) is 8.83 Å². The van der Waals surface area contributed by atoms with Crippen molar-refractivity contribution in [3.8, 4) is 22.9 Å². The van der Waals surface area contributed by atoms with E-state index >= 15 is 0 Å². The Morgan fingerprint density at radius 1 is 0.788 bits per heavy atom. The lowest BCUT2D eigenvalue weighted by molar-refractivity contribution is 0.0867. The van der Waals surface area contributed by atoms with Crippen molar-refractivity contribution in [1.82, 2.24) is 20.6 Å². The fourth-order valence-corrected chi connectivity index (χ4v) is 3.03. The molecule has 33 heavy (non-hydrogen) atoms. The number of benzene rings is 2. The Morgan fingerprint density at radius 3 is 1.79 bits per heavy atom. The molecular formula is C24H22N4O5. The molecule has 0 fully saturated rings. The average Bonchev–Trinajstić information content (AvgIpc) is 3.54. The predicted octanol–water partition coefficient (Wildman–Crippen LogP) is 2.91. The summed E-state index contributed by atoms with van der Waals surface area (Å²) in [6.07, 6.45) is 2.07. The average molecular weight is 446 g/mol. The first-order valence-electron chi connectivity index (χ1n) is 10.4.